The van der Waals surface area contributed by atoms with Crippen molar-refractivity contribution in [1.82, 2.24) is 4.90 Å². The van der Waals surface area contributed by atoms with E-state index in [1.54, 1.807) is 0 Å². The molecule has 2 atom stereocenters. The summed E-state index contributed by atoms with van der Waals surface area (Å²) in [6.45, 7) is 4.23. The molecule has 3 rings (SSSR count). The summed E-state index contributed by atoms with van der Waals surface area (Å²) in [5.74, 6) is -0.729. The number of allylic oxidation sites excluding steroid dienone is 2. The Morgan fingerprint density at radius 2 is 1.95 bits per heavy atom. The zero-order valence-electron chi connectivity index (χ0n) is 12.7. The van der Waals surface area contributed by atoms with Crippen molar-refractivity contribution in [3.05, 3.63) is 40.4 Å². The van der Waals surface area contributed by atoms with E-state index in [2.05, 4.69) is 5.32 Å². The molecule has 0 bridgehead atoms. The second kappa shape index (κ2) is 5.76. The number of carbonyl (C=O) groups excluding carboxylic acids is 2. The normalized spacial score (nSPS) is 24.3. The first-order valence-electron chi connectivity index (χ1n) is 7.48. The highest BCUT2D eigenvalue weighted by atomic mass is 35.5. The van der Waals surface area contributed by atoms with Crippen molar-refractivity contribution >= 4 is 29.1 Å². The molecular weight excluding hydrogens is 300 g/mol. The SMILES string of the molecule is Cc1ccc(C)c(NCN2C(=O)[C@H]3CC=C(Cl)C[C@H]3C2=O)c1. The number of nitrogens with zero attached hydrogens (tertiary/aromatic N) is 1. The number of hydrogen-bond donors (Lipinski definition) is 1. The van der Waals surface area contributed by atoms with Crippen LogP contribution in [0.1, 0.15) is 24.0 Å². The standard InChI is InChI=1S/C17H19ClN2O2/c1-10-3-4-11(2)15(7-10)19-9-20-16(21)13-6-5-12(18)8-14(13)17(20)22/h3-5,7,13-14,19H,6,8-9H2,1-2H3/t13-,14+/m0/s1. The number of rotatable bonds is 3. The molecule has 1 aromatic carbocycles. The van der Waals surface area contributed by atoms with Crippen molar-refractivity contribution in [3.63, 3.8) is 0 Å². The van der Waals surface area contributed by atoms with Crippen molar-refractivity contribution in [3.8, 4) is 0 Å². The van der Waals surface area contributed by atoms with Gasteiger partial charge in [0.05, 0.1) is 18.5 Å². The maximum atomic E-state index is 12.4. The van der Waals surface area contributed by atoms with Gasteiger partial charge in [0.2, 0.25) is 11.8 Å². The Morgan fingerprint density at radius 3 is 2.73 bits per heavy atom. The maximum Gasteiger partial charge on any atom is 0.234 e. The second-order valence-corrected chi connectivity index (χ2v) is 6.55. The quantitative estimate of drug-likeness (QED) is 0.871. The third kappa shape index (κ3) is 2.63. The minimum atomic E-state index is -0.287. The topological polar surface area (TPSA) is 49.4 Å². The van der Waals surface area contributed by atoms with E-state index in [9.17, 15) is 9.59 Å². The average Bonchev–Trinajstić information content (AvgIpc) is 2.72. The zero-order valence-corrected chi connectivity index (χ0v) is 13.5. The number of likely N-dealkylation sites (tertiary alicyclic amines) is 1. The molecule has 4 nitrogen and oxygen atoms in total. The van der Waals surface area contributed by atoms with Gasteiger partial charge in [-0.25, -0.2) is 0 Å². The van der Waals surface area contributed by atoms with Crippen LogP contribution in [0.2, 0.25) is 0 Å². The van der Waals surface area contributed by atoms with Crippen LogP contribution in [0.4, 0.5) is 5.69 Å². The van der Waals surface area contributed by atoms with E-state index in [1.165, 1.54) is 4.90 Å². The number of amides is 2. The molecule has 1 fully saturated rings. The molecule has 0 aromatic heterocycles. The average molecular weight is 319 g/mol. The Labute approximate surface area is 135 Å². The number of fused-ring (bicyclic) bond motifs is 1. The van der Waals surface area contributed by atoms with Crippen LogP contribution in [0.3, 0.4) is 0 Å². The van der Waals surface area contributed by atoms with Gasteiger partial charge in [-0.3, -0.25) is 14.5 Å². The van der Waals surface area contributed by atoms with E-state index in [0.717, 1.165) is 16.8 Å². The van der Waals surface area contributed by atoms with Crippen LogP contribution in [-0.2, 0) is 9.59 Å². The predicted molar refractivity (Wildman–Crippen MR) is 86.4 cm³/mol. The van der Waals surface area contributed by atoms with Gasteiger partial charge in [0.25, 0.3) is 0 Å². The molecule has 5 heteroatoms. The number of carbonyl (C=O) groups is 2. The molecule has 1 aliphatic carbocycles. The van der Waals surface area contributed by atoms with Gasteiger partial charge in [-0.2, -0.15) is 0 Å². The Balaban J connectivity index is 1.72. The summed E-state index contributed by atoms with van der Waals surface area (Å²) in [6, 6.07) is 6.08. The van der Waals surface area contributed by atoms with Crippen LogP contribution in [0.15, 0.2) is 29.3 Å². The van der Waals surface area contributed by atoms with Gasteiger partial charge < -0.3 is 5.32 Å². The van der Waals surface area contributed by atoms with E-state index in [1.807, 2.05) is 38.1 Å². The first kappa shape index (κ1) is 15.1. The number of aryl methyl sites for hydroxylation is 2. The van der Waals surface area contributed by atoms with E-state index < -0.39 is 0 Å². The monoisotopic (exact) mass is 318 g/mol. The maximum absolute atomic E-state index is 12.4. The Kier molecular flexibility index (Phi) is 3.96. The van der Waals surface area contributed by atoms with E-state index in [4.69, 9.17) is 11.6 Å². The minimum absolute atomic E-state index is 0.0896. The summed E-state index contributed by atoms with van der Waals surface area (Å²) >= 11 is 6.02. The van der Waals surface area contributed by atoms with Crippen LogP contribution >= 0.6 is 11.6 Å². The molecule has 1 aliphatic heterocycles. The fourth-order valence-corrected chi connectivity index (χ4v) is 3.40. The summed E-state index contributed by atoms with van der Waals surface area (Å²) < 4.78 is 0. The summed E-state index contributed by atoms with van der Waals surface area (Å²) in [4.78, 5) is 26.2. The lowest BCUT2D eigenvalue weighted by Gasteiger charge is -2.18. The fourth-order valence-electron chi connectivity index (χ4n) is 3.14. The van der Waals surface area contributed by atoms with E-state index >= 15 is 0 Å². The van der Waals surface area contributed by atoms with Crippen LogP contribution in [0.5, 0.6) is 0 Å². The van der Waals surface area contributed by atoms with E-state index in [-0.39, 0.29) is 30.3 Å². The number of imide groups is 1. The molecule has 116 valence electrons. The van der Waals surface area contributed by atoms with E-state index in [0.29, 0.717) is 17.9 Å². The molecule has 0 radical (unpaired) electrons. The van der Waals surface area contributed by atoms with Crippen LogP contribution < -0.4 is 5.32 Å². The Hall–Kier alpha value is -1.81. The molecular formula is C17H19ClN2O2. The van der Waals surface area contributed by atoms with Gasteiger partial charge in [0.15, 0.2) is 0 Å². The van der Waals surface area contributed by atoms with Crippen molar-refractivity contribution in [2.45, 2.75) is 26.7 Å². The predicted octanol–water partition coefficient (Wildman–Crippen LogP) is 3.19. The lowest BCUT2D eigenvalue weighted by atomic mass is 9.85. The highest BCUT2D eigenvalue weighted by molar-refractivity contribution is 6.30. The lowest BCUT2D eigenvalue weighted by molar-refractivity contribution is -0.139. The summed E-state index contributed by atoms with van der Waals surface area (Å²) in [5.41, 5.74) is 3.18. The van der Waals surface area contributed by atoms with Gasteiger partial charge in [-0.15, -0.1) is 0 Å². The van der Waals surface area contributed by atoms with Gasteiger partial charge in [0, 0.05) is 10.7 Å². The molecule has 1 heterocycles. The number of nitrogens with one attached hydrogen (secondary N) is 1. The zero-order chi connectivity index (χ0) is 15.9. The molecule has 0 spiro atoms. The van der Waals surface area contributed by atoms with Gasteiger partial charge >= 0.3 is 0 Å². The van der Waals surface area contributed by atoms with Crippen LogP contribution in [0, 0.1) is 25.7 Å². The fraction of sp³-hybridized carbons (Fsp3) is 0.412. The largest absolute Gasteiger partial charge is 0.367 e. The van der Waals surface area contributed by atoms with Gasteiger partial charge in [-0.05, 0) is 43.9 Å². The molecule has 0 unspecified atom stereocenters. The third-order valence-corrected chi connectivity index (χ3v) is 4.79. The Morgan fingerprint density at radius 1 is 1.23 bits per heavy atom. The molecule has 0 saturated carbocycles. The van der Waals surface area contributed by atoms with Gasteiger partial charge in [-0.1, -0.05) is 29.8 Å². The van der Waals surface area contributed by atoms with Gasteiger partial charge in [0.1, 0.15) is 0 Å². The highest BCUT2D eigenvalue weighted by Crippen LogP contribution is 2.38. The number of halogens is 1. The third-order valence-electron chi connectivity index (χ3n) is 4.48. The van der Waals surface area contributed by atoms with Crippen molar-refractivity contribution in [2.24, 2.45) is 11.8 Å². The van der Waals surface area contributed by atoms with Crippen LogP contribution in [-0.4, -0.2) is 23.4 Å². The van der Waals surface area contributed by atoms with Crippen molar-refractivity contribution in [2.75, 3.05) is 12.0 Å². The van der Waals surface area contributed by atoms with Crippen molar-refractivity contribution < 1.29 is 9.59 Å². The molecule has 22 heavy (non-hydrogen) atoms. The Bertz CT molecular complexity index is 669. The minimum Gasteiger partial charge on any atom is -0.367 e. The number of anilines is 1. The molecule has 2 amide bonds. The summed E-state index contributed by atoms with van der Waals surface area (Å²) in [7, 11) is 0. The summed E-state index contributed by atoms with van der Waals surface area (Å²) in [5, 5.41) is 3.90. The molecule has 1 aromatic rings. The lowest BCUT2D eigenvalue weighted by Crippen LogP contribution is -2.35. The van der Waals surface area contributed by atoms with Crippen molar-refractivity contribution in [1.29, 1.82) is 0 Å². The smallest absolute Gasteiger partial charge is 0.234 e. The molecule has 1 saturated heterocycles. The number of hydrogen-bond acceptors (Lipinski definition) is 3. The van der Waals surface area contributed by atoms with Crippen LogP contribution in [0.25, 0.3) is 0 Å². The second-order valence-electron chi connectivity index (χ2n) is 6.06. The highest BCUT2D eigenvalue weighted by Gasteiger charge is 2.48. The first-order valence-corrected chi connectivity index (χ1v) is 7.86. The molecule has 2 aliphatic rings. The summed E-state index contributed by atoms with van der Waals surface area (Å²) in [6.07, 6.45) is 2.90. The molecule has 1 N–H and O–H groups in total. The first-order chi connectivity index (χ1) is 10.5. The number of benzene rings is 1.